The first-order valence-corrected chi connectivity index (χ1v) is 7.86. The third-order valence-electron chi connectivity index (χ3n) is 4.23. The first-order chi connectivity index (χ1) is 7.30. The summed E-state index contributed by atoms with van der Waals surface area (Å²) >= 11 is 3.90. The van der Waals surface area contributed by atoms with Gasteiger partial charge in [-0.3, -0.25) is 0 Å². The lowest BCUT2D eigenvalue weighted by molar-refractivity contribution is 0.140. The molecule has 1 heteroatoms. The summed E-state index contributed by atoms with van der Waals surface area (Å²) in [6, 6.07) is 0. The van der Waals surface area contributed by atoms with Crippen LogP contribution in [0.1, 0.15) is 66.7 Å². The summed E-state index contributed by atoms with van der Waals surface area (Å²) in [6.45, 7) is 11.9. The fourth-order valence-corrected chi connectivity index (χ4v) is 3.60. The Morgan fingerprint density at radius 2 is 1.81 bits per heavy atom. The molecule has 0 radical (unpaired) electrons. The molecular formula is C15H29Br. The Balaban J connectivity index is 2.48. The van der Waals surface area contributed by atoms with Crippen molar-refractivity contribution in [3.05, 3.63) is 0 Å². The highest BCUT2D eigenvalue weighted by molar-refractivity contribution is 9.09. The smallest absolute Gasteiger partial charge is 0.0174 e. The van der Waals surface area contributed by atoms with Crippen LogP contribution in [-0.4, -0.2) is 4.83 Å². The number of hydrogen-bond donors (Lipinski definition) is 0. The van der Waals surface area contributed by atoms with E-state index in [0.29, 0.717) is 5.41 Å². The van der Waals surface area contributed by atoms with Crippen LogP contribution >= 0.6 is 15.9 Å². The molecule has 0 aliphatic heterocycles. The van der Waals surface area contributed by atoms with Crippen molar-refractivity contribution in [3.8, 4) is 0 Å². The number of halogens is 1. The van der Waals surface area contributed by atoms with Crippen LogP contribution in [0.4, 0.5) is 0 Å². The van der Waals surface area contributed by atoms with Gasteiger partial charge in [-0.2, -0.15) is 0 Å². The van der Waals surface area contributed by atoms with Gasteiger partial charge in [-0.05, 0) is 48.9 Å². The maximum Gasteiger partial charge on any atom is 0.0174 e. The predicted molar refractivity (Wildman–Crippen MR) is 77.1 cm³/mol. The Hall–Kier alpha value is 0.480. The molecule has 0 N–H and O–H groups in total. The second kappa shape index (κ2) is 5.89. The fraction of sp³-hybridized carbons (Fsp3) is 1.00. The first kappa shape index (κ1) is 14.5. The predicted octanol–water partition coefficient (Wildman–Crippen LogP) is 5.65. The molecule has 0 bridgehead atoms. The molecule has 3 atom stereocenters. The van der Waals surface area contributed by atoms with Crippen LogP contribution < -0.4 is 0 Å². The van der Waals surface area contributed by atoms with E-state index in [4.69, 9.17) is 0 Å². The summed E-state index contributed by atoms with van der Waals surface area (Å²) in [5, 5.41) is 0. The molecule has 0 heterocycles. The summed E-state index contributed by atoms with van der Waals surface area (Å²) in [6.07, 6.45) is 7.04. The minimum atomic E-state index is 0.503. The highest BCUT2D eigenvalue weighted by Gasteiger charge is 2.34. The Morgan fingerprint density at radius 1 is 1.19 bits per heavy atom. The van der Waals surface area contributed by atoms with Gasteiger partial charge in [0.05, 0.1) is 0 Å². The topological polar surface area (TPSA) is 0 Å². The van der Waals surface area contributed by atoms with Crippen molar-refractivity contribution >= 4 is 15.9 Å². The second-order valence-corrected chi connectivity index (χ2v) is 8.30. The van der Waals surface area contributed by atoms with Crippen molar-refractivity contribution in [2.24, 2.45) is 23.2 Å². The van der Waals surface area contributed by atoms with Crippen molar-refractivity contribution < 1.29 is 0 Å². The van der Waals surface area contributed by atoms with Gasteiger partial charge in [0, 0.05) is 4.83 Å². The van der Waals surface area contributed by atoms with E-state index in [1.54, 1.807) is 0 Å². The molecule has 0 nitrogen and oxygen atoms in total. The molecule has 0 aromatic rings. The maximum atomic E-state index is 3.90. The van der Waals surface area contributed by atoms with E-state index >= 15 is 0 Å². The quantitative estimate of drug-likeness (QED) is 0.589. The van der Waals surface area contributed by atoms with Crippen LogP contribution in [0.25, 0.3) is 0 Å². The third-order valence-corrected chi connectivity index (χ3v) is 5.43. The van der Waals surface area contributed by atoms with Crippen molar-refractivity contribution in [2.75, 3.05) is 0 Å². The molecule has 0 amide bonds. The van der Waals surface area contributed by atoms with Crippen molar-refractivity contribution in [1.29, 1.82) is 0 Å². The molecule has 1 rings (SSSR count). The minimum absolute atomic E-state index is 0.503. The molecule has 16 heavy (non-hydrogen) atoms. The van der Waals surface area contributed by atoms with Crippen LogP contribution in [0.15, 0.2) is 0 Å². The molecule has 0 aromatic heterocycles. The lowest BCUT2D eigenvalue weighted by Gasteiger charge is -2.40. The molecule has 1 aliphatic rings. The molecule has 1 saturated carbocycles. The van der Waals surface area contributed by atoms with Gasteiger partial charge in [0.1, 0.15) is 0 Å². The highest BCUT2D eigenvalue weighted by Crippen LogP contribution is 2.44. The standard InChI is InChI=1S/C15H29Br/c1-11(2)6-7-12-10-13(15(3,4)5)8-9-14(12)16/h11-14H,6-10H2,1-5H3. The largest absolute Gasteiger partial charge is 0.0888 e. The van der Waals surface area contributed by atoms with Gasteiger partial charge in [0.15, 0.2) is 0 Å². The third kappa shape index (κ3) is 4.39. The Labute approximate surface area is 111 Å². The lowest BCUT2D eigenvalue weighted by atomic mass is 9.68. The maximum absolute atomic E-state index is 3.90. The van der Waals surface area contributed by atoms with E-state index in [0.717, 1.165) is 22.6 Å². The van der Waals surface area contributed by atoms with Crippen LogP contribution in [-0.2, 0) is 0 Å². The van der Waals surface area contributed by atoms with Gasteiger partial charge in [-0.25, -0.2) is 0 Å². The number of alkyl halides is 1. The Kier molecular flexibility index (Phi) is 5.35. The Morgan fingerprint density at radius 3 is 2.31 bits per heavy atom. The Bertz CT molecular complexity index is 202. The van der Waals surface area contributed by atoms with Crippen molar-refractivity contribution in [3.63, 3.8) is 0 Å². The van der Waals surface area contributed by atoms with E-state index < -0.39 is 0 Å². The van der Waals surface area contributed by atoms with E-state index in [2.05, 4.69) is 50.5 Å². The van der Waals surface area contributed by atoms with Crippen molar-refractivity contribution in [2.45, 2.75) is 71.5 Å². The minimum Gasteiger partial charge on any atom is -0.0888 e. The SMILES string of the molecule is CC(C)CCC1CC(C(C)(C)C)CCC1Br. The van der Waals surface area contributed by atoms with Crippen molar-refractivity contribution in [1.82, 2.24) is 0 Å². The molecule has 1 aliphatic carbocycles. The number of rotatable bonds is 3. The normalized spacial score (nSPS) is 32.1. The van der Waals surface area contributed by atoms with Gasteiger partial charge in [-0.1, -0.05) is 57.0 Å². The molecule has 3 unspecified atom stereocenters. The monoisotopic (exact) mass is 288 g/mol. The van der Waals surface area contributed by atoms with Gasteiger partial charge < -0.3 is 0 Å². The van der Waals surface area contributed by atoms with E-state index in [1.807, 2.05) is 0 Å². The molecule has 1 fully saturated rings. The van der Waals surface area contributed by atoms with Gasteiger partial charge in [0.2, 0.25) is 0 Å². The van der Waals surface area contributed by atoms with Crippen LogP contribution in [0.3, 0.4) is 0 Å². The molecule has 96 valence electrons. The molecule has 0 saturated heterocycles. The van der Waals surface area contributed by atoms with Gasteiger partial charge in [-0.15, -0.1) is 0 Å². The highest BCUT2D eigenvalue weighted by atomic mass is 79.9. The van der Waals surface area contributed by atoms with Gasteiger partial charge >= 0.3 is 0 Å². The summed E-state index contributed by atoms with van der Waals surface area (Å²) in [5.41, 5.74) is 0.503. The zero-order valence-electron chi connectivity index (χ0n) is 11.7. The average molecular weight is 289 g/mol. The summed E-state index contributed by atoms with van der Waals surface area (Å²) < 4.78 is 0. The lowest BCUT2D eigenvalue weighted by Crippen LogP contribution is -2.32. The first-order valence-electron chi connectivity index (χ1n) is 6.94. The zero-order chi connectivity index (χ0) is 12.3. The molecule has 0 spiro atoms. The summed E-state index contributed by atoms with van der Waals surface area (Å²) in [5.74, 6) is 2.70. The molecular weight excluding hydrogens is 260 g/mol. The number of hydrogen-bond acceptors (Lipinski definition) is 0. The average Bonchev–Trinajstić information content (AvgIpc) is 2.14. The fourth-order valence-electron chi connectivity index (χ4n) is 2.86. The summed E-state index contributed by atoms with van der Waals surface area (Å²) in [4.78, 5) is 0.782. The van der Waals surface area contributed by atoms with Crippen LogP contribution in [0, 0.1) is 23.2 Å². The van der Waals surface area contributed by atoms with E-state index in [9.17, 15) is 0 Å². The summed E-state index contributed by atoms with van der Waals surface area (Å²) in [7, 11) is 0. The zero-order valence-corrected chi connectivity index (χ0v) is 13.3. The van der Waals surface area contributed by atoms with Gasteiger partial charge in [0.25, 0.3) is 0 Å². The van der Waals surface area contributed by atoms with Crippen LogP contribution in [0.2, 0.25) is 0 Å². The van der Waals surface area contributed by atoms with E-state index in [1.165, 1.54) is 32.1 Å². The van der Waals surface area contributed by atoms with E-state index in [-0.39, 0.29) is 0 Å². The molecule has 0 aromatic carbocycles. The second-order valence-electron chi connectivity index (χ2n) is 7.12. The van der Waals surface area contributed by atoms with Crippen LogP contribution in [0.5, 0.6) is 0 Å².